The summed E-state index contributed by atoms with van der Waals surface area (Å²) >= 11 is 0. The highest BCUT2D eigenvalue weighted by Gasteiger charge is 2.19. The average molecular weight is 269 g/mol. The molecule has 2 aromatic rings. The molecule has 1 unspecified atom stereocenters. The number of nitrogens with zero attached hydrogens (tertiary/aromatic N) is 2. The van der Waals surface area contributed by atoms with Crippen molar-refractivity contribution in [3.63, 3.8) is 0 Å². The Labute approximate surface area is 115 Å². The van der Waals surface area contributed by atoms with Crippen LogP contribution in [-0.4, -0.2) is 10.9 Å². The van der Waals surface area contributed by atoms with E-state index in [9.17, 15) is 9.18 Å². The number of rotatable bonds is 4. The second-order valence-corrected chi connectivity index (χ2v) is 4.22. The van der Waals surface area contributed by atoms with Crippen LogP contribution in [0.1, 0.15) is 5.56 Å². The minimum Gasteiger partial charge on any atom is -0.322 e. The van der Waals surface area contributed by atoms with Gasteiger partial charge in [0.25, 0.3) is 0 Å². The van der Waals surface area contributed by atoms with Gasteiger partial charge in [0, 0.05) is 12.4 Å². The molecule has 1 atom stereocenters. The van der Waals surface area contributed by atoms with E-state index in [1.807, 2.05) is 6.07 Å². The van der Waals surface area contributed by atoms with Crippen molar-refractivity contribution in [2.45, 2.75) is 6.42 Å². The number of carbonyl (C=O) groups excluding carboxylic acids is 1. The third kappa shape index (κ3) is 3.39. The second-order valence-electron chi connectivity index (χ2n) is 4.22. The predicted molar refractivity (Wildman–Crippen MR) is 72.1 cm³/mol. The van der Waals surface area contributed by atoms with Crippen LogP contribution in [0.4, 0.5) is 10.1 Å². The predicted octanol–water partition coefficient (Wildman–Crippen LogP) is 2.54. The van der Waals surface area contributed by atoms with Crippen molar-refractivity contribution in [1.29, 1.82) is 5.26 Å². The van der Waals surface area contributed by atoms with Crippen LogP contribution in [0.3, 0.4) is 0 Å². The largest absolute Gasteiger partial charge is 0.322 e. The zero-order chi connectivity index (χ0) is 14.4. The second kappa shape index (κ2) is 6.43. The van der Waals surface area contributed by atoms with Crippen LogP contribution in [0.5, 0.6) is 0 Å². The maximum absolute atomic E-state index is 13.4. The monoisotopic (exact) mass is 269 g/mol. The summed E-state index contributed by atoms with van der Waals surface area (Å²) in [6.07, 6.45) is 3.45. The minimum atomic E-state index is -0.890. The van der Waals surface area contributed by atoms with E-state index in [0.717, 1.165) is 5.56 Å². The van der Waals surface area contributed by atoms with Crippen molar-refractivity contribution < 1.29 is 9.18 Å². The number of nitriles is 1. The van der Waals surface area contributed by atoms with E-state index in [1.54, 1.807) is 30.6 Å². The van der Waals surface area contributed by atoms with Gasteiger partial charge < -0.3 is 5.32 Å². The molecule has 1 heterocycles. The number of hydrogen-bond donors (Lipinski definition) is 1. The standard InChI is InChI=1S/C15H12FN3O/c16-13-5-1-2-6-14(13)19-15(20)12(9-17)8-11-4-3-7-18-10-11/h1-7,10,12H,8H2,(H,19,20). The lowest BCUT2D eigenvalue weighted by Gasteiger charge is -2.10. The lowest BCUT2D eigenvalue weighted by molar-refractivity contribution is -0.118. The molecular weight excluding hydrogens is 257 g/mol. The molecule has 0 aliphatic carbocycles. The molecule has 1 N–H and O–H groups in total. The highest BCUT2D eigenvalue weighted by atomic mass is 19.1. The van der Waals surface area contributed by atoms with Gasteiger partial charge in [-0.15, -0.1) is 0 Å². The summed E-state index contributed by atoms with van der Waals surface area (Å²) in [5.41, 5.74) is 0.853. The van der Waals surface area contributed by atoms with Crippen LogP contribution >= 0.6 is 0 Å². The minimum absolute atomic E-state index is 0.0731. The number of para-hydroxylation sites is 1. The number of halogens is 1. The van der Waals surface area contributed by atoms with Crippen molar-refractivity contribution in [2.75, 3.05) is 5.32 Å². The van der Waals surface area contributed by atoms with Crippen LogP contribution in [0.15, 0.2) is 48.8 Å². The first-order valence-electron chi connectivity index (χ1n) is 6.04. The Morgan fingerprint density at radius 3 is 2.80 bits per heavy atom. The molecule has 20 heavy (non-hydrogen) atoms. The third-order valence-electron chi connectivity index (χ3n) is 2.77. The molecule has 0 aliphatic rings. The van der Waals surface area contributed by atoms with Gasteiger partial charge in [0.05, 0.1) is 11.8 Å². The fraction of sp³-hybridized carbons (Fsp3) is 0.133. The van der Waals surface area contributed by atoms with Gasteiger partial charge in [-0.2, -0.15) is 5.26 Å². The van der Waals surface area contributed by atoms with E-state index in [2.05, 4.69) is 10.3 Å². The molecule has 100 valence electrons. The van der Waals surface area contributed by atoms with Crippen molar-refractivity contribution >= 4 is 11.6 Å². The van der Waals surface area contributed by atoms with E-state index >= 15 is 0 Å². The van der Waals surface area contributed by atoms with Crippen molar-refractivity contribution in [1.82, 2.24) is 4.98 Å². The summed E-state index contributed by atoms with van der Waals surface area (Å²) in [6, 6.07) is 11.3. The van der Waals surface area contributed by atoms with E-state index in [4.69, 9.17) is 5.26 Å². The molecule has 0 bridgehead atoms. The number of pyridine rings is 1. The zero-order valence-corrected chi connectivity index (χ0v) is 10.6. The van der Waals surface area contributed by atoms with Gasteiger partial charge in [-0.1, -0.05) is 18.2 Å². The molecule has 1 aromatic heterocycles. The topological polar surface area (TPSA) is 65.8 Å². The summed E-state index contributed by atoms with van der Waals surface area (Å²) in [7, 11) is 0. The number of hydrogen-bond acceptors (Lipinski definition) is 3. The Bertz CT molecular complexity index is 637. The van der Waals surface area contributed by atoms with E-state index in [0.29, 0.717) is 0 Å². The van der Waals surface area contributed by atoms with Gasteiger partial charge in [-0.3, -0.25) is 9.78 Å². The molecule has 0 saturated heterocycles. The molecule has 4 nitrogen and oxygen atoms in total. The first-order valence-corrected chi connectivity index (χ1v) is 6.04. The summed E-state index contributed by atoms with van der Waals surface area (Å²) in [6.45, 7) is 0. The molecule has 0 aliphatic heterocycles. The Kier molecular flexibility index (Phi) is 4.40. The molecule has 1 amide bonds. The maximum Gasteiger partial charge on any atom is 0.242 e. The molecule has 0 spiro atoms. The van der Waals surface area contributed by atoms with E-state index in [-0.39, 0.29) is 12.1 Å². The number of anilines is 1. The first-order chi connectivity index (χ1) is 9.70. The molecular formula is C15H12FN3O. The fourth-order valence-corrected chi connectivity index (χ4v) is 1.73. The van der Waals surface area contributed by atoms with Gasteiger partial charge in [0.2, 0.25) is 5.91 Å². The fourth-order valence-electron chi connectivity index (χ4n) is 1.73. The van der Waals surface area contributed by atoms with E-state index in [1.165, 1.54) is 18.2 Å². The smallest absolute Gasteiger partial charge is 0.242 e. The number of benzene rings is 1. The van der Waals surface area contributed by atoms with Crippen molar-refractivity contribution in [2.24, 2.45) is 5.92 Å². The molecule has 2 rings (SSSR count). The lowest BCUT2D eigenvalue weighted by atomic mass is 10.0. The van der Waals surface area contributed by atoms with Gasteiger partial charge in [-0.05, 0) is 30.2 Å². The SMILES string of the molecule is N#CC(Cc1cccnc1)C(=O)Nc1ccccc1F. The molecule has 5 heteroatoms. The van der Waals surface area contributed by atoms with E-state index < -0.39 is 17.6 Å². The Morgan fingerprint density at radius 2 is 2.15 bits per heavy atom. The number of aromatic nitrogens is 1. The van der Waals surface area contributed by atoms with Crippen molar-refractivity contribution in [3.05, 3.63) is 60.2 Å². The lowest BCUT2D eigenvalue weighted by Crippen LogP contribution is -2.24. The molecule has 0 saturated carbocycles. The summed E-state index contributed by atoms with van der Waals surface area (Å²) in [5, 5.41) is 11.5. The summed E-state index contributed by atoms with van der Waals surface area (Å²) < 4.78 is 13.4. The Hall–Kier alpha value is -2.74. The molecule has 0 fully saturated rings. The average Bonchev–Trinajstić information content (AvgIpc) is 2.48. The molecule has 0 radical (unpaired) electrons. The highest BCUT2D eigenvalue weighted by Crippen LogP contribution is 2.15. The van der Waals surface area contributed by atoms with Crippen molar-refractivity contribution in [3.8, 4) is 6.07 Å². The van der Waals surface area contributed by atoms with Crippen LogP contribution in [0, 0.1) is 23.1 Å². The van der Waals surface area contributed by atoms with Crippen LogP contribution in [0.25, 0.3) is 0 Å². The van der Waals surface area contributed by atoms with Gasteiger partial charge in [0.1, 0.15) is 11.7 Å². The zero-order valence-electron chi connectivity index (χ0n) is 10.6. The van der Waals surface area contributed by atoms with Gasteiger partial charge in [-0.25, -0.2) is 4.39 Å². The first kappa shape index (κ1) is 13.7. The Morgan fingerprint density at radius 1 is 1.35 bits per heavy atom. The maximum atomic E-state index is 13.4. The highest BCUT2D eigenvalue weighted by molar-refractivity contribution is 5.94. The quantitative estimate of drug-likeness (QED) is 0.927. The summed E-state index contributed by atoms with van der Waals surface area (Å²) in [4.78, 5) is 15.9. The van der Waals surface area contributed by atoms with Crippen LogP contribution in [-0.2, 0) is 11.2 Å². The van der Waals surface area contributed by atoms with Crippen LogP contribution in [0.2, 0.25) is 0 Å². The number of amides is 1. The Balaban J connectivity index is 2.07. The number of carbonyl (C=O) groups is 1. The third-order valence-corrected chi connectivity index (χ3v) is 2.77. The number of nitrogens with one attached hydrogen (secondary N) is 1. The normalized spacial score (nSPS) is 11.4. The molecule has 1 aromatic carbocycles. The summed E-state index contributed by atoms with van der Waals surface area (Å²) in [5.74, 6) is -1.95. The van der Waals surface area contributed by atoms with Gasteiger partial charge >= 0.3 is 0 Å². The van der Waals surface area contributed by atoms with Gasteiger partial charge in [0.15, 0.2) is 0 Å². The van der Waals surface area contributed by atoms with Crippen LogP contribution < -0.4 is 5.32 Å².